The average Bonchev–Trinajstić information content (AvgIpc) is 2.77. The molecule has 6 nitrogen and oxygen atoms in total. The van der Waals surface area contributed by atoms with Crippen LogP contribution in [-0.4, -0.2) is 48.5 Å². The van der Waals surface area contributed by atoms with Gasteiger partial charge in [0, 0.05) is 13.5 Å². The number of nitrogens with zero attached hydrogens (tertiary/aromatic N) is 1. The van der Waals surface area contributed by atoms with Crippen LogP contribution in [0.15, 0.2) is 0 Å². The second-order valence-corrected chi connectivity index (χ2v) is 4.40. The molecule has 0 aromatic rings. The summed E-state index contributed by atoms with van der Waals surface area (Å²) in [6.07, 6.45) is 0.891. The van der Waals surface area contributed by atoms with Gasteiger partial charge >= 0.3 is 11.9 Å². The maximum atomic E-state index is 11.9. The van der Waals surface area contributed by atoms with Crippen molar-refractivity contribution in [2.24, 2.45) is 0 Å². The zero-order valence-electron chi connectivity index (χ0n) is 11.0. The molecule has 0 aromatic carbocycles. The summed E-state index contributed by atoms with van der Waals surface area (Å²) in [7, 11) is 1.28. The van der Waals surface area contributed by atoms with E-state index >= 15 is 0 Å². The lowest BCUT2D eigenvalue weighted by Crippen LogP contribution is -2.41. The lowest BCUT2D eigenvalue weighted by Gasteiger charge is -2.23. The highest BCUT2D eigenvalue weighted by Gasteiger charge is 2.34. The number of rotatable bonds is 4. The molecule has 1 fully saturated rings. The van der Waals surface area contributed by atoms with Crippen LogP contribution < -0.4 is 0 Å². The van der Waals surface area contributed by atoms with Gasteiger partial charge < -0.3 is 14.4 Å². The number of esters is 2. The van der Waals surface area contributed by atoms with E-state index < -0.39 is 24.1 Å². The van der Waals surface area contributed by atoms with E-state index in [0.29, 0.717) is 13.0 Å². The van der Waals surface area contributed by atoms with Crippen LogP contribution in [0.5, 0.6) is 0 Å². The minimum Gasteiger partial charge on any atom is -0.469 e. The minimum absolute atomic E-state index is 0.0228. The van der Waals surface area contributed by atoms with Crippen molar-refractivity contribution in [2.75, 3.05) is 13.7 Å². The van der Waals surface area contributed by atoms with Crippen LogP contribution in [0, 0.1) is 0 Å². The Morgan fingerprint density at radius 3 is 2.61 bits per heavy atom. The van der Waals surface area contributed by atoms with E-state index in [1.807, 2.05) is 0 Å². The molecule has 0 spiro atoms. The summed E-state index contributed by atoms with van der Waals surface area (Å²) in [5.41, 5.74) is 0. The number of hydrogen-bond acceptors (Lipinski definition) is 5. The first-order valence-corrected chi connectivity index (χ1v) is 6.00. The summed E-state index contributed by atoms with van der Waals surface area (Å²) in [6.45, 7) is 3.64. The Balaban J connectivity index is 2.49. The Bertz CT molecular complexity index is 341. The standard InChI is InChI=1S/C12H19NO5/c1-8(7-11(15)17-3)18-12(16)10-5-4-6-13(10)9(2)14/h8,10H,4-7H2,1-3H3/t8-,10?/m0/s1. The van der Waals surface area contributed by atoms with Crippen molar-refractivity contribution in [1.29, 1.82) is 0 Å². The van der Waals surface area contributed by atoms with E-state index in [1.54, 1.807) is 6.92 Å². The second-order valence-electron chi connectivity index (χ2n) is 4.40. The van der Waals surface area contributed by atoms with Gasteiger partial charge in [-0.2, -0.15) is 0 Å². The molecule has 0 aromatic heterocycles. The van der Waals surface area contributed by atoms with Gasteiger partial charge in [-0.05, 0) is 19.8 Å². The van der Waals surface area contributed by atoms with Crippen LogP contribution in [0.4, 0.5) is 0 Å². The van der Waals surface area contributed by atoms with E-state index in [0.717, 1.165) is 6.42 Å². The van der Waals surface area contributed by atoms with Crippen molar-refractivity contribution in [2.45, 2.75) is 45.3 Å². The third-order valence-electron chi connectivity index (χ3n) is 2.93. The molecule has 0 radical (unpaired) electrons. The lowest BCUT2D eigenvalue weighted by molar-refractivity contribution is -0.159. The number of likely N-dealkylation sites (tertiary alicyclic amines) is 1. The monoisotopic (exact) mass is 257 g/mol. The van der Waals surface area contributed by atoms with Gasteiger partial charge in [-0.25, -0.2) is 4.79 Å². The van der Waals surface area contributed by atoms with Crippen LogP contribution in [0.1, 0.15) is 33.1 Å². The topological polar surface area (TPSA) is 72.9 Å². The average molecular weight is 257 g/mol. The number of ether oxygens (including phenoxy) is 2. The van der Waals surface area contributed by atoms with E-state index in [9.17, 15) is 14.4 Å². The predicted molar refractivity (Wildman–Crippen MR) is 62.6 cm³/mol. The molecule has 1 aliphatic heterocycles. The molecule has 1 heterocycles. The molecule has 1 rings (SSSR count). The van der Waals surface area contributed by atoms with Crippen LogP contribution in [-0.2, 0) is 23.9 Å². The van der Waals surface area contributed by atoms with Crippen molar-refractivity contribution >= 4 is 17.8 Å². The van der Waals surface area contributed by atoms with E-state index in [4.69, 9.17) is 4.74 Å². The van der Waals surface area contributed by atoms with Crippen molar-refractivity contribution in [3.8, 4) is 0 Å². The minimum atomic E-state index is -0.542. The quantitative estimate of drug-likeness (QED) is 0.685. The molecule has 102 valence electrons. The number of hydrogen-bond donors (Lipinski definition) is 0. The molecule has 2 atom stereocenters. The maximum absolute atomic E-state index is 11.9. The number of carbonyl (C=O) groups excluding carboxylic acids is 3. The van der Waals surface area contributed by atoms with Crippen molar-refractivity contribution in [1.82, 2.24) is 4.90 Å². The molecule has 0 aliphatic carbocycles. The molecular formula is C12H19NO5. The van der Waals surface area contributed by atoms with Crippen LogP contribution in [0.3, 0.4) is 0 Å². The van der Waals surface area contributed by atoms with Crippen molar-refractivity contribution in [3.05, 3.63) is 0 Å². The summed E-state index contributed by atoms with van der Waals surface area (Å²) >= 11 is 0. The number of amides is 1. The molecule has 6 heteroatoms. The third kappa shape index (κ3) is 3.72. The predicted octanol–water partition coefficient (Wildman–Crippen LogP) is 0.492. The van der Waals surface area contributed by atoms with E-state index in [-0.39, 0.29) is 12.3 Å². The molecular weight excluding hydrogens is 238 g/mol. The highest BCUT2D eigenvalue weighted by molar-refractivity contribution is 5.84. The summed E-state index contributed by atoms with van der Waals surface area (Å²) in [5, 5.41) is 0. The first-order chi connectivity index (χ1) is 8.45. The first-order valence-electron chi connectivity index (χ1n) is 6.00. The van der Waals surface area contributed by atoms with Gasteiger partial charge in [0.15, 0.2) is 0 Å². The van der Waals surface area contributed by atoms with Gasteiger partial charge in [-0.15, -0.1) is 0 Å². The van der Waals surface area contributed by atoms with Gasteiger partial charge in [0.25, 0.3) is 0 Å². The van der Waals surface area contributed by atoms with Crippen molar-refractivity contribution < 1.29 is 23.9 Å². The largest absolute Gasteiger partial charge is 0.469 e. The van der Waals surface area contributed by atoms with Crippen molar-refractivity contribution in [3.63, 3.8) is 0 Å². The SMILES string of the molecule is COC(=O)C[C@H](C)OC(=O)C1CCCN1C(C)=O. The van der Waals surface area contributed by atoms with E-state index in [1.165, 1.54) is 18.9 Å². The Labute approximate surface area is 106 Å². The summed E-state index contributed by atoms with van der Waals surface area (Å²) in [5.74, 6) is -1.00. The Kier molecular flexibility index (Phi) is 5.12. The van der Waals surface area contributed by atoms with Gasteiger partial charge in [0.2, 0.25) is 5.91 Å². The normalized spacial score (nSPS) is 20.4. The first kappa shape index (κ1) is 14.5. The van der Waals surface area contributed by atoms with Gasteiger partial charge in [0.05, 0.1) is 13.5 Å². The fourth-order valence-electron chi connectivity index (χ4n) is 2.03. The zero-order valence-corrected chi connectivity index (χ0v) is 11.0. The summed E-state index contributed by atoms with van der Waals surface area (Å²) in [4.78, 5) is 35.7. The Morgan fingerprint density at radius 2 is 2.06 bits per heavy atom. The van der Waals surface area contributed by atoms with E-state index in [2.05, 4.69) is 4.74 Å². The highest BCUT2D eigenvalue weighted by Crippen LogP contribution is 2.19. The maximum Gasteiger partial charge on any atom is 0.329 e. The molecule has 0 bridgehead atoms. The Hall–Kier alpha value is -1.59. The molecule has 0 N–H and O–H groups in total. The molecule has 0 saturated carbocycles. The summed E-state index contributed by atoms with van der Waals surface area (Å²) < 4.78 is 9.65. The summed E-state index contributed by atoms with van der Waals surface area (Å²) in [6, 6.07) is -0.511. The van der Waals surface area contributed by atoms with Crippen LogP contribution in [0.25, 0.3) is 0 Å². The second kappa shape index (κ2) is 6.37. The third-order valence-corrected chi connectivity index (χ3v) is 2.93. The van der Waals surface area contributed by atoms with Crippen LogP contribution in [0.2, 0.25) is 0 Å². The fraction of sp³-hybridized carbons (Fsp3) is 0.750. The lowest BCUT2D eigenvalue weighted by atomic mass is 10.2. The highest BCUT2D eigenvalue weighted by atomic mass is 16.6. The molecule has 1 amide bonds. The van der Waals surface area contributed by atoms with Gasteiger partial charge in [-0.3, -0.25) is 9.59 Å². The number of methoxy groups -OCH3 is 1. The smallest absolute Gasteiger partial charge is 0.329 e. The zero-order chi connectivity index (χ0) is 13.7. The molecule has 1 aliphatic rings. The van der Waals surface area contributed by atoms with Gasteiger partial charge in [0.1, 0.15) is 12.1 Å². The molecule has 1 saturated heterocycles. The number of carbonyl (C=O) groups is 3. The Morgan fingerprint density at radius 1 is 1.39 bits per heavy atom. The molecule has 1 unspecified atom stereocenters. The molecule has 18 heavy (non-hydrogen) atoms. The van der Waals surface area contributed by atoms with Crippen LogP contribution >= 0.6 is 0 Å². The fourth-order valence-corrected chi connectivity index (χ4v) is 2.03. The van der Waals surface area contributed by atoms with Gasteiger partial charge in [-0.1, -0.05) is 0 Å².